The highest BCUT2D eigenvalue weighted by Crippen LogP contribution is 2.20. The van der Waals surface area contributed by atoms with Crippen molar-refractivity contribution >= 4 is 21.9 Å². The zero-order valence-corrected chi connectivity index (χ0v) is 11.2. The average molecular weight is 276 g/mol. The molecule has 0 saturated carbocycles. The number of benzene rings is 2. The van der Waals surface area contributed by atoms with Gasteiger partial charge in [-0.2, -0.15) is 5.10 Å². The van der Waals surface area contributed by atoms with E-state index in [1.807, 2.05) is 42.5 Å². The van der Waals surface area contributed by atoms with Crippen LogP contribution in [0.1, 0.15) is 5.56 Å². The highest BCUT2D eigenvalue weighted by atomic mass is 16.5. The van der Waals surface area contributed by atoms with Crippen LogP contribution in [0, 0.1) is 0 Å². The van der Waals surface area contributed by atoms with Gasteiger partial charge in [-0.15, -0.1) is 0 Å². The van der Waals surface area contributed by atoms with Crippen molar-refractivity contribution in [3.63, 3.8) is 0 Å². The second-order valence-corrected chi connectivity index (χ2v) is 4.78. The lowest BCUT2D eigenvalue weighted by Gasteiger charge is -2.06. The van der Waals surface area contributed by atoms with E-state index in [4.69, 9.17) is 4.74 Å². The van der Waals surface area contributed by atoms with Crippen molar-refractivity contribution in [1.82, 2.24) is 20.2 Å². The fraction of sp³-hybridized carbons (Fsp3) is 0.0625. The maximum atomic E-state index is 5.70. The number of nitrogens with zero attached hydrogens (tertiary/aromatic N) is 3. The molecule has 21 heavy (non-hydrogen) atoms. The van der Waals surface area contributed by atoms with Crippen molar-refractivity contribution in [2.24, 2.45) is 0 Å². The summed E-state index contributed by atoms with van der Waals surface area (Å²) in [6.45, 7) is 0.481. The second kappa shape index (κ2) is 4.86. The minimum atomic E-state index is 0.481. The maximum Gasteiger partial charge on any atom is 0.233 e. The van der Waals surface area contributed by atoms with Gasteiger partial charge in [-0.1, -0.05) is 30.3 Å². The standard InChI is InChI=1S/C16H12N4O/c1-2-4-11(5-3-1)10-21-16-9-17-14-7-13-12(8-18-20-13)6-15(14)19-16/h1-9H,10H2,(H,18,20). The molecule has 5 heteroatoms. The Labute approximate surface area is 120 Å². The molecule has 1 N–H and O–H groups in total. The van der Waals surface area contributed by atoms with E-state index in [1.54, 1.807) is 12.4 Å². The molecule has 0 atom stereocenters. The summed E-state index contributed by atoms with van der Waals surface area (Å²) in [4.78, 5) is 8.88. The van der Waals surface area contributed by atoms with Crippen LogP contribution in [0.5, 0.6) is 5.88 Å². The Balaban J connectivity index is 1.65. The minimum absolute atomic E-state index is 0.481. The van der Waals surface area contributed by atoms with Crippen molar-refractivity contribution < 1.29 is 4.74 Å². The molecule has 4 rings (SSSR count). The summed E-state index contributed by atoms with van der Waals surface area (Å²) in [5.41, 5.74) is 3.67. The Bertz CT molecular complexity index is 902. The fourth-order valence-corrected chi connectivity index (χ4v) is 2.23. The van der Waals surface area contributed by atoms with Crippen molar-refractivity contribution in [1.29, 1.82) is 0 Å². The largest absolute Gasteiger partial charge is 0.472 e. The molecular weight excluding hydrogens is 264 g/mol. The molecule has 0 unspecified atom stereocenters. The molecule has 0 aliphatic rings. The van der Waals surface area contributed by atoms with Gasteiger partial charge in [0.15, 0.2) is 0 Å². The van der Waals surface area contributed by atoms with Crippen LogP contribution >= 0.6 is 0 Å². The summed E-state index contributed by atoms with van der Waals surface area (Å²) in [6, 6.07) is 13.9. The fourth-order valence-electron chi connectivity index (χ4n) is 2.23. The Morgan fingerprint density at radius 3 is 2.81 bits per heavy atom. The number of hydrogen-bond acceptors (Lipinski definition) is 4. The van der Waals surface area contributed by atoms with Gasteiger partial charge in [-0.05, 0) is 17.7 Å². The van der Waals surface area contributed by atoms with Crippen LogP contribution in [0.25, 0.3) is 21.9 Å². The van der Waals surface area contributed by atoms with Gasteiger partial charge in [-0.25, -0.2) is 9.97 Å². The molecule has 0 amide bonds. The van der Waals surface area contributed by atoms with E-state index in [0.29, 0.717) is 12.5 Å². The minimum Gasteiger partial charge on any atom is -0.472 e. The Kier molecular flexibility index (Phi) is 2.74. The van der Waals surface area contributed by atoms with E-state index >= 15 is 0 Å². The summed E-state index contributed by atoms with van der Waals surface area (Å²) >= 11 is 0. The van der Waals surface area contributed by atoms with E-state index in [-0.39, 0.29) is 0 Å². The van der Waals surface area contributed by atoms with Gasteiger partial charge in [0.2, 0.25) is 5.88 Å². The third-order valence-corrected chi connectivity index (χ3v) is 3.31. The molecule has 0 aliphatic carbocycles. The molecule has 0 aliphatic heterocycles. The predicted octanol–water partition coefficient (Wildman–Crippen LogP) is 3.09. The topological polar surface area (TPSA) is 63.7 Å². The molecule has 0 spiro atoms. The number of fused-ring (bicyclic) bond motifs is 2. The number of H-pyrrole nitrogens is 1. The first-order chi connectivity index (χ1) is 10.4. The molecule has 2 heterocycles. The lowest BCUT2D eigenvalue weighted by atomic mass is 10.2. The molecule has 5 nitrogen and oxygen atoms in total. The van der Waals surface area contributed by atoms with Gasteiger partial charge in [0.25, 0.3) is 0 Å². The van der Waals surface area contributed by atoms with Crippen LogP contribution in [0.15, 0.2) is 54.9 Å². The quantitative estimate of drug-likeness (QED) is 0.624. The van der Waals surface area contributed by atoms with Gasteiger partial charge < -0.3 is 4.74 Å². The molecular formula is C16H12N4O. The first-order valence-corrected chi connectivity index (χ1v) is 6.65. The maximum absolute atomic E-state index is 5.70. The van der Waals surface area contributed by atoms with Crippen LogP contribution < -0.4 is 4.74 Å². The zero-order chi connectivity index (χ0) is 14.1. The van der Waals surface area contributed by atoms with Crippen molar-refractivity contribution in [2.75, 3.05) is 0 Å². The van der Waals surface area contributed by atoms with Crippen LogP contribution in [0.4, 0.5) is 0 Å². The van der Waals surface area contributed by atoms with Crippen LogP contribution in [0.3, 0.4) is 0 Å². The molecule has 2 aromatic heterocycles. The van der Waals surface area contributed by atoms with Crippen molar-refractivity contribution in [3.8, 4) is 5.88 Å². The lowest BCUT2D eigenvalue weighted by Crippen LogP contribution is -1.98. The Morgan fingerprint density at radius 2 is 1.90 bits per heavy atom. The summed E-state index contributed by atoms with van der Waals surface area (Å²) in [5, 5.41) is 7.95. The Hall–Kier alpha value is -2.95. The normalized spacial score (nSPS) is 11.0. The number of aromatic amines is 1. The lowest BCUT2D eigenvalue weighted by molar-refractivity contribution is 0.294. The van der Waals surface area contributed by atoms with E-state index in [0.717, 1.165) is 27.5 Å². The van der Waals surface area contributed by atoms with Crippen LogP contribution in [0.2, 0.25) is 0 Å². The second-order valence-electron chi connectivity index (χ2n) is 4.78. The molecule has 0 fully saturated rings. The smallest absolute Gasteiger partial charge is 0.233 e. The van der Waals surface area contributed by atoms with Crippen molar-refractivity contribution in [3.05, 3.63) is 60.4 Å². The number of nitrogens with one attached hydrogen (secondary N) is 1. The number of hydrogen-bond donors (Lipinski definition) is 1. The highest BCUT2D eigenvalue weighted by molar-refractivity contribution is 5.92. The number of rotatable bonds is 3. The van der Waals surface area contributed by atoms with Gasteiger partial charge in [0.05, 0.1) is 28.9 Å². The first kappa shape index (κ1) is 11.8. The monoisotopic (exact) mass is 276 g/mol. The molecule has 2 aromatic carbocycles. The number of ether oxygens (including phenoxy) is 1. The van der Waals surface area contributed by atoms with Gasteiger partial charge in [0, 0.05) is 5.39 Å². The molecule has 4 aromatic rings. The molecule has 102 valence electrons. The van der Waals surface area contributed by atoms with Gasteiger partial charge >= 0.3 is 0 Å². The molecule has 0 radical (unpaired) electrons. The van der Waals surface area contributed by atoms with Crippen LogP contribution in [-0.4, -0.2) is 20.2 Å². The summed E-state index contributed by atoms with van der Waals surface area (Å²) < 4.78 is 5.70. The van der Waals surface area contributed by atoms with E-state index in [9.17, 15) is 0 Å². The van der Waals surface area contributed by atoms with Gasteiger partial charge in [-0.3, -0.25) is 5.10 Å². The first-order valence-electron chi connectivity index (χ1n) is 6.65. The Morgan fingerprint density at radius 1 is 1.00 bits per heavy atom. The van der Waals surface area contributed by atoms with E-state index in [1.165, 1.54) is 0 Å². The summed E-state index contributed by atoms with van der Waals surface area (Å²) in [6.07, 6.45) is 3.42. The third-order valence-electron chi connectivity index (χ3n) is 3.31. The third kappa shape index (κ3) is 2.29. The summed E-state index contributed by atoms with van der Waals surface area (Å²) in [7, 11) is 0. The molecule has 0 saturated heterocycles. The zero-order valence-electron chi connectivity index (χ0n) is 11.2. The van der Waals surface area contributed by atoms with E-state index < -0.39 is 0 Å². The SMILES string of the molecule is c1ccc(COc2cnc3cc4[nH]ncc4cc3n2)cc1. The predicted molar refractivity (Wildman–Crippen MR) is 80.0 cm³/mol. The summed E-state index contributed by atoms with van der Waals surface area (Å²) in [5.74, 6) is 0.522. The number of aromatic nitrogens is 4. The molecule has 0 bridgehead atoms. The average Bonchev–Trinajstić information content (AvgIpc) is 2.98. The van der Waals surface area contributed by atoms with Crippen molar-refractivity contribution in [2.45, 2.75) is 6.61 Å². The van der Waals surface area contributed by atoms with Gasteiger partial charge in [0.1, 0.15) is 6.61 Å². The van der Waals surface area contributed by atoms with E-state index in [2.05, 4.69) is 20.2 Å². The van der Waals surface area contributed by atoms with Crippen LogP contribution in [-0.2, 0) is 6.61 Å². The highest BCUT2D eigenvalue weighted by Gasteiger charge is 2.04.